The number of nitrogens with one attached hydrogen (secondary N) is 8. The van der Waals surface area contributed by atoms with E-state index < -0.39 is 134 Å². The van der Waals surface area contributed by atoms with E-state index in [1.807, 2.05) is 13.8 Å². The number of carboxylic acid groups (broad SMARTS) is 2. The third-order valence-electron chi connectivity index (χ3n) is 8.31. The largest absolute Gasteiger partial charge is 0.481 e. The lowest BCUT2D eigenvalue weighted by Gasteiger charge is -2.26. The average Bonchev–Trinajstić information content (AvgIpc) is 3.12. The predicted molar refractivity (Wildman–Crippen MR) is 208 cm³/mol. The van der Waals surface area contributed by atoms with E-state index in [0.29, 0.717) is 6.42 Å². The third-order valence-corrected chi connectivity index (χ3v) is 8.31. The van der Waals surface area contributed by atoms with E-state index in [-0.39, 0.29) is 30.6 Å². The maximum absolute atomic E-state index is 13.2. The van der Waals surface area contributed by atoms with Gasteiger partial charge in [0.15, 0.2) is 0 Å². The van der Waals surface area contributed by atoms with E-state index in [2.05, 4.69) is 42.5 Å². The van der Waals surface area contributed by atoms with Crippen molar-refractivity contribution in [2.75, 3.05) is 19.8 Å². The van der Waals surface area contributed by atoms with Gasteiger partial charge in [-0.2, -0.15) is 0 Å². The molecule has 0 unspecified atom stereocenters. The van der Waals surface area contributed by atoms with Crippen molar-refractivity contribution in [1.82, 2.24) is 42.5 Å². The van der Waals surface area contributed by atoms with Gasteiger partial charge in [0.05, 0.1) is 32.2 Å². The van der Waals surface area contributed by atoms with Crippen LogP contribution in [0.3, 0.4) is 0 Å². The minimum atomic E-state index is -1.79. The number of amides is 8. The van der Waals surface area contributed by atoms with Gasteiger partial charge in [-0.15, -0.1) is 0 Å². The first-order valence-electron chi connectivity index (χ1n) is 19.1. The van der Waals surface area contributed by atoms with Crippen LogP contribution in [-0.4, -0.2) is 148 Å². The molecule has 8 amide bonds. The number of hydrogen-bond donors (Lipinski definition) is 13. The lowest BCUT2D eigenvalue weighted by molar-refractivity contribution is -0.142. The number of aliphatic hydroxyl groups excluding tert-OH is 2. The van der Waals surface area contributed by atoms with Gasteiger partial charge in [0.25, 0.3) is 0 Å². The second kappa shape index (κ2) is 26.6. The number of hydrogen-bond acceptors (Lipinski definition) is 13. The van der Waals surface area contributed by atoms with Crippen LogP contribution in [0.4, 0.5) is 0 Å². The lowest BCUT2D eigenvalue weighted by atomic mass is 10.00. The zero-order valence-corrected chi connectivity index (χ0v) is 34.7. The van der Waals surface area contributed by atoms with Gasteiger partial charge >= 0.3 is 11.9 Å². The molecule has 0 bridgehead atoms. The van der Waals surface area contributed by atoms with E-state index in [9.17, 15) is 68.4 Å². The Morgan fingerprint density at radius 1 is 0.458 bits per heavy atom. The third kappa shape index (κ3) is 21.2. The summed E-state index contributed by atoms with van der Waals surface area (Å²) in [4.78, 5) is 125. The van der Waals surface area contributed by atoms with E-state index >= 15 is 0 Å². The Hall–Kier alpha value is -5.42. The summed E-state index contributed by atoms with van der Waals surface area (Å²) in [7, 11) is 0. The Bertz CT molecular complexity index is 1490. The molecule has 0 spiro atoms. The maximum Gasteiger partial charge on any atom is 0.326 e. The zero-order valence-electron chi connectivity index (χ0n) is 34.7. The smallest absolute Gasteiger partial charge is 0.326 e. The second-order valence-electron chi connectivity index (χ2n) is 15.3. The first-order valence-corrected chi connectivity index (χ1v) is 19.1. The molecule has 0 aromatic heterocycles. The van der Waals surface area contributed by atoms with Crippen molar-refractivity contribution >= 4 is 59.2 Å². The Kier molecular flexibility index (Phi) is 24.1. The molecule has 0 fully saturated rings. The lowest BCUT2D eigenvalue weighted by Crippen LogP contribution is -2.60. The van der Waals surface area contributed by atoms with Crippen molar-refractivity contribution in [3.8, 4) is 0 Å². The highest BCUT2D eigenvalue weighted by atomic mass is 16.4. The Morgan fingerprint density at radius 3 is 1.29 bits per heavy atom. The molecule has 0 aliphatic rings. The van der Waals surface area contributed by atoms with E-state index in [0.717, 1.165) is 6.92 Å². The fourth-order valence-corrected chi connectivity index (χ4v) is 5.23. The highest BCUT2D eigenvalue weighted by Crippen LogP contribution is 2.09. The van der Waals surface area contributed by atoms with Gasteiger partial charge in [0.2, 0.25) is 47.3 Å². The van der Waals surface area contributed by atoms with Crippen LogP contribution < -0.4 is 48.3 Å². The summed E-state index contributed by atoms with van der Waals surface area (Å²) in [5.74, 6) is -10.5. The van der Waals surface area contributed by atoms with Gasteiger partial charge in [0.1, 0.15) is 42.3 Å². The minimum Gasteiger partial charge on any atom is -0.481 e. The molecule has 0 aromatic carbocycles. The summed E-state index contributed by atoms with van der Waals surface area (Å²) in [5, 5.41) is 56.3. The second-order valence-corrected chi connectivity index (χ2v) is 15.3. The van der Waals surface area contributed by atoms with Crippen molar-refractivity contribution in [1.29, 1.82) is 0 Å². The molecule has 0 heterocycles. The van der Waals surface area contributed by atoms with Crippen LogP contribution in [-0.2, 0) is 47.9 Å². The van der Waals surface area contributed by atoms with Gasteiger partial charge in [-0.3, -0.25) is 43.2 Å². The normalized spacial score (nSPS) is 15.2. The van der Waals surface area contributed by atoms with Gasteiger partial charge in [0, 0.05) is 0 Å². The summed E-state index contributed by atoms with van der Waals surface area (Å²) in [6.45, 7) is 10.5. The molecule has 0 rings (SSSR count). The van der Waals surface area contributed by atoms with Crippen molar-refractivity contribution < 1.29 is 68.4 Å². The molecule has 0 saturated heterocycles. The zero-order chi connectivity index (χ0) is 45.7. The number of carbonyl (C=O) groups is 10. The number of aliphatic hydroxyl groups is 2. The molecule has 336 valence electrons. The van der Waals surface area contributed by atoms with Crippen LogP contribution in [0.5, 0.6) is 0 Å². The molecule has 23 nitrogen and oxygen atoms in total. The van der Waals surface area contributed by atoms with E-state index in [1.54, 1.807) is 27.7 Å². The molecular weight excluding hydrogens is 782 g/mol. The quantitative estimate of drug-likeness (QED) is 0.0371. The van der Waals surface area contributed by atoms with Crippen LogP contribution in [0.25, 0.3) is 0 Å². The number of carbonyl (C=O) groups excluding carboxylic acids is 8. The fourth-order valence-electron chi connectivity index (χ4n) is 5.23. The topological polar surface area (TPSA) is 374 Å². The van der Waals surface area contributed by atoms with Crippen LogP contribution >= 0.6 is 0 Å². The summed E-state index contributed by atoms with van der Waals surface area (Å²) >= 11 is 0. The molecule has 0 aromatic rings. The molecule has 23 heteroatoms. The molecule has 0 aliphatic heterocycles. The van der Waals surface area contributed by atoms with Gasteiger partial charge in [-0.05, 0) is 50.9 Å². The monoisotopic (exact) mass is 845 g/mol. The fraction of sp³-hybridized carbons (Fsp3) is 0.722. The van der Waals surface area contributed by atoms with Crippen molar-refractivity contribution in [3.05, 3.63) is 0 Å². The summed E-state index contributed by atoms with van der Waals surface area (Å²) in [6.07, 6.45) is -0.405. The van der Waals surface area contributed by atoms with E-state index in [4.69, 9.17) is 5.73 Å². The van der Waals surface area contributed by atoms with Crippen LogP contribution in [0.1, 0.15) is 81.1 Å². The van der Waals surface area contributed by atoms with Crippen LogP contribution in [0.2, 0.25) is 0 Å². The number of carboxylic acids is 2. The van der Waals surface area contributed by atoms with Crippen molar-refractivity contribution in [2.45, 2.75) is 129 Å². The van der Waals surface area contributed by atoms with Gasteiger partial charge < -0.3 is 68.7 Å². The number of rotatable bonds is 27. The predicted octanol–water partition coefficient (Wildman–Crippen LogP) is -4.45. The molecule has 14 N–H and O–H groups in total. The summed E-state index contributed by atoms with van der Waals surface area (Å²) in [5.41, 5.74) is 5.94. The highest BCUT2D eigenvalue weighted by Gasteiger charge is 2.33. The Morgan fingerprint density at radius 2 is 0.847 bits per heavy atom. The van der Waals surface area contributed by atoms with Crippen LogP contribution in [0, 0.1) is 17.8 Å². The van der Waals surface area contributed by atoms with Gasteiger partial charge in [-0.1, -0.05) is 41.5 Å². The van der Waals surface area contributed by atoms with Crippen molar-refractivity contribution in [2.24, 2.45) is 23.5 Å². The first kappa shape index (κ1) is 53.6. The highest BCUT2D eigenvalue weighted by molar-refractivity contribution is 5.98. The number of nitrogens with two attached hydrogens (primary N) is 1. The minimum absolute atomic E-state index is 0.0461. The molecule has 8 atom stereocenters. The standard InChI is InChI=1S/C36H63N9O14/c1-16(2)9-21(37)31(53)42-22(10-17(3)4)32(54)43-23(12-28(49)50)33(55)45-26(15-47)35(57)40-20(8)30(52)44-25(14-46)34(56)39-19(7)29(51)38-13-27(48)41-24(36(58)59)11-18(5)6/h16-26,46-47H,9-15,37H2,1-8H3,(H,38,51)(H,39,56)(H,40,57)(H,41,48)(H,42,53)(H,43,54)(H,44,52)(H,45,55)(H,49,50)(H,58,59)/t19-,20-,21-,22-,23-,24-,25-,26-/m0/s1. The molecule has 0 saturated carbocycles. The molecule has 0 radical (unpaired) electrons. The first-order chi connectivity index (χ1) is 27.3. The van der Waals surface area contributed by atoms with Crippen molar-refractivity contribution in [3.63, 3.8) is 0 Å². The average molecular weight is 846 g/mol. The molecular formula is C36H63N9O14. The summed E-state index contributed by atoms with van der Waals surface area (Å²) in [6, 6.07) is -11.3. The van der Waals surface area contributed by atoms with Crippen LogP contribution in [0.15, 0.2) is 0 Å². The SMILES string of the molecule is CC(C)C[C@H](NC(=O)CNC(=O)[C@H](C)NC(=O)[C@H](CO)NC(=O)[C@H](C)NC(=O)[C@H](CO)NC(=O)[C@H](CC(=O)O)NC(=O)[C@H](CC(C)C)NC(=O)[C@@H](N)CC(C)C)C(=O)O. The Labute approximate surface area is 342 Å². The maximum atomic E-state index is 13.2. The van der Waals surface area contributed by atoms with E-state index in [1.165, 1.54) is 6.92 Å². The Balaban J connectivity index is 5.49. The van der Waals surface area contributed by atoms with Gasteiger partial charge in [-0.25, -0.2) is 4.79 Å². The number of aliphatic carboxylic acids is 2. The molecule has 59 heavy (non-hydrogen) atoms. The summed E-state index contributed by atoms with van der Waals surface area (Å²) < 4.78 is 0. The molecule has 0 aliphatic carbocycles.